The fourth-order valence-electron chi connectivity index (χ4n) is 8.87. The van der Waals surface area contributed by atoms with Crippen molar-refractivity contribution in [1.29, 1.82) is 0 Å². The van der Waals surface area contributed by atoms with Crippen LogP contribution >= 0.6 is 0 Å². The van der Waals surface area contributed by atoms with Gasteiger partial charge in [-0.3, -0.25) is 4.79 Å². The molecule has 9 atom stereocenters. The maximum atomic E-state index is 13.9. The van der Waals surface area contributed by atoms with E-state index in [1.807, 2.05) is 50.3 Å². The summed E-state index contributed by atoms with van der Waals surface area (Å²) in [4.78, 5) is 27.1. The van der Waals surface area contributed by atoms with Crippen molar-refractivity contribution >= 4 is 11.8 Å². The maximum Gasteiger partial charge on any atom is 0.289 e. The van der Waals surface area contributed by atoms with Gasteiger partial charge in [0.1, 0.15) is 23.1 Å². The van der Waals surface area contributed by atoms with Crippen LogP contribution in [0.5, 0.6) is 5.75 Å². The number of phenols is 1. The highest BCUT2D eigenvalue weighted by Crippen LogP contribution is 2.69. The van der Waals surface area contributed by atoms with Crippen LogP contribution in [0.15, 0.2) is 90.0 Å². The van der Waals surface area contributed by atoms with Gasteiger partial charge in [-0.05, 0) is 67.5 Å². The molecule has 5 aliphatic rings. The molecule has 7 rings (SSSR count). The number of hydrogen-bond acceptors (Lipinski definition) is 8. The molecule has 2 saturated heterocycles. The van der Waals surface area contributed by atoms with Crippen LogP contribution in [0, 0.1) is 17.8 Å². The van der Waals surface area contributed by atoms with Crippen LogP contribution in [0.25, 0.3) is 0 Å². The predicted octanol–water partition coefficient (Wildman–Crippen LogP) is 3.66. The van der Waals surface area contributed by atoms with Crippen molar-refractivity contribution in [1.82, 2.24) is 0 Å². The van der Waals surface area contributed by atoms with Gasteiger partial charge >= 0.3 is 0 Å². The minimum absolute atomic E-state index is 0.0192. The Balaban J connectivity index is 1.49. The van der Waals surface area contributed by atoms with Gasteiger partial charge in [0.15, 0.2) is 5.78 Å². The molecule has 0 spiro atoms. The molecule has 2 aliphatic heterocycles. The Bertz CT molecular complexity index is 1640. The lowest BCUT2D eigenvalue weighted by atomic mass is 9.55. The zero-order valence-corrected chi connectivity index (χ0v) is 25.3. The molecule has 0 aromatic heterocycles. The van der Waals surface area contributed by atoms with Crippen LogP contribution in [0.4, 0.5) is 0 Å². The van der Waals surface area contributed by atoms with Crippen molar-refractivity contribution in [2.24, 2.45) is 17.8 Å². The molecular weight excluding hydrogens is 560 g/mol. The number of benzene rings is 2. The van der Waals surface area contributed by atoms with Crippen molar-refractivity contribution in [3.05, 3.63) is 101 Å². The van der Waals surface area contributed by atoms with E-state index in [4.69, 9.17) is 14.2 Å². The van der Waals surface area contributed by atoms with Crippen molar-refractivity contribution in [3.8, 4) is 5.75 Å². The average Bonchev–Trinajstić information content (AvgIpc) is 3.28. The summed E-state index contributed by atoms with van der Waals surface area (Å²) in [6.45, 7) is 11.5. The lowest BCUT2D eigenvalue weighted by Crippen LogP contribution is -2.70. The molecule has 2 aromatic carbocycles. The number of ether oxygens (including phenoxy) is 3. The third-order valence-electron chi connectivity index (χ3n) is 11.2. The number of aliphatic hydroxyl groups is 1. The van der Waals surface area contributed by atoms with E-state index in [1.165, 1.54) is 31.2 Å². The zero-order chi connectivity index (χ0) is 31.4. The van der Waals surface area contributed by atoms with Gasteiger partial charge in [0.25, 0.3) is 5.97 Å². The summed E-state index contributed by atoms with van der Waals surface area (Å²) in [6.07, 6.45) is 3.50. The minimum Gasteiger partial charge on any atom is -0.549 e. The molecule has 9 unspecified atom stereocenters. The van der Waals surface area contributed by atoms with E-state index in [0.29, 0.717) is 23.1 Å². The quantitative estimate of drug-likeness (QED) is 0.484. The van der Waals surface area contributed by atoms with Gasteiger partial charge in [0, 0.05) is 18.3 Å². The number of carboxylic acid groups (broad SMARTS) is 1. The molecule has 3 aliphatic carbocycles. The van der Waals surface area contributed by atoms with Gasteiger partial charge in [-0.2, -0.15) is 0 Å². The number of carbonyl (C=O) groups is 2. The number of fused-ring (bicyclic) bond motifs is 2. The van der Waals surface area contributed by atoms with E-state index in [-0.39, 0.29) is 24.5 Å². The number of ketones is 1. The van der Waals surface area contributed by atoms with Crippen LogP contribution in [0.3, 0.4) is 0 Å². The Labute approximate surface area is 256 Å². The molecular formula is C36H37O8-. The number of carboxylic acids is 1. The van der Waals surface area contributed by atoms with Crippen molar-refractivity contribution in [3.63, 3.8) is 0 Å². The highest BCUT2D eigenvalue weighted by Gasteiger charge is 2.79. The molecule has 2 heterocycles. The van der Waals surface area contributed by atoms with E-state index in [0.717, 1.165) is 11.1 Å². The first-order chi connectivity index (χ1) is 20.7. The zero-order valence-electron chi connectivity index (χ0n) is 25.3. The Kier molecular flexibility index (Phi) is 6.12. The summed E-state index contributed by atoms with van der Waals surface area (Å²) in [5.74, 6) is -5.08. The minimum atomic E-state index is -1.99. The van der Waals surface area contributed by atoms with Gasteiger partial charge in [0.05, 0.1) is 23.4 Å². The normalized spacial score (nSPS) is 39.9. The maximum absolute atomic E-state index is 13.9. The second-order valence-corrected chi connectivity index (χ2v) is 13.7. The first kappa shape index (κ1) is 29.2. The fraction of sp³-hybridized carbons (Fsp3) is 0.444. The number of aliphatic carboxylic acids is 1. The van der Waals surface area contributed by atoms with Crippen LogP contribution < -0.4 is 5.11 Å². The number of aromatic hydroxyl groups is 1. The summed E-state index contributed by atoms with van der Waals surface area (Å²) in [6, 6.07) is 15.6. The average molecular weight is 598 g/mol. The highest BCUT2D eigenvalue weighted by atomic mass is 16.9. The Morgan fingerprint density at radius 3 is 2.43 bits per heavy atom. The monoisotopic (exact) mass is 597 g/mol. The van der Waals surface area contributed by atoms with E-state index in [2.05, 4.69) is 6.58 Å². The molecule has 44 heavy (non-hydrogen) atoms. The van der Waals surface area contributed by atoms with Gasteiger partial charge in [-0.25, -0.2) is 0 Å². The molecule has 8 heteroatoms. The fourth-order valence-corrected chi connectivity index (χ4v) is 8.87. The standard InChI is InChI=1S/C36H38O8/c1-20(2)34-17-22(4)36-27(30(34)42-35(43-34,44-36)18-23-9-7-6-8-10-23)16-25(19-33(41)28(36)15-21(3)29(33)38)32(5,31(39)40)24-11-13-26(37)14-12-24/h6-16,22,27-28,30,37,41H,1,17-19H2,2-5H3,(H,39,40)/p-1. The number of hydrogen-bond donors (Lipinski definition) is 2. The molecule has 0 amide bonds. The van der Waals surface area contributed by atoms with Crippen LogP contribution in [-0.2, 0) is 35.6 Å². The second-order valence-electron chi connectivity index (χ2n) is 13.7. The van der Waals surface area contributed by atoms with E-state index in [1.54, 1.807) is 13.0 Å². The third kappa shape index (κ3) is 3.59. The summed E-state index contributed by atoms with van der Waals surface area (Å²) < 4.78 is 20.9. The molecule has 0 radical (unpaired) electrons. The topological polar surface area (TPSA) is 125 Å². The van der Waals surface area contributed by atoms with Gasteiger partial charge in [-0.1, -0.05) is 73.7 Å². The number of phenolic OH excluding ortho intramolecular Hbond substituents is 1. The van der Waals surface area contributed by atoms with Crippen molar-refractivity contribution in [2.45, 2.75) is 81.3 Å². The van der Waals surface area contributed by atoms with E-state index in [9.17, 15) is 24.9 Å². The largest absolute Gasteiger partial charge is 0.549 e. The SMILES string of the molecule is C=C(C)C12CC(C)C34OC(Cc5ccccc5)(OC1C3C=C(C(C)(C(=O)[O-])c1ccc(O)cc1)CC1(O)C(=O)C(C)=CC14)O2. The first-order valence-corrected chi connectivity index (χ1v) is 15.2. The van der Waals surface area contributed by atoms with E-state index < -0.39 is 57.9 Å². The number of Topliss-reactive ketones (excluding diaryl/α,β-unsaturated/α-hetero) is 1. The second kappa shape index (κ2) is 9.23. The van der Waals surface area contributed by atoms with Crippen LogP contribution in [-0.4, -0.2) is 50.8 Å². The van der Waals surface area contributed by atoms with E-state index >= 15 is 0 Å². The van der Waals surface area contributed by atoms with Gasteiger partial charge in [-0.15, -0.1) is 0 Å². The molecule has 3 bridgehead atoms. The first-order valence-electron chi connectivity index (χ1n) is 15.2. The summed E-state index contributed by atoms with van der Waals surface area (Å²) >= 11 is 0. The lowest BCUT2D eigenvalue weighted by molar-refractivity contribution is -0.421. The third-order valence-corrected chi connectivity index (χ3v) is 11.2. The number of carbonyl (C=O) groups excluding carboxylic acids is 2. The Morgan fingerprint density at radius 1 is 1.11 bits per heavy atom. The summed E-state index contributed by atoms with van der Waals surface area (Å²) in [5, 5.41) is 35.7. The van der Waals surface area contributed by atoms with Crippen molar-refractivity contribution < 1.29 is 39.1 Å². The molecule has 2 aromatic rings. The number of rotatable bonds is 6. The van der Waals surface area contributed by atoms with Crippen LogP contribution in [0.2, 0.25) is 0 Å². The smallest absolute Gasteiger partial charge is 0.289 e. The van der Waals surface area contributed by atoms with Gasteiger partial charge in [0.2, 0.25) is 0 Å². The molecule has 2 N–H and O–H groups in total. The highest BCUT2D eigenvalue weighted by molar-refractivity contribution is 6.05. The lowest BCUT2D eigenvalue weighted by Gasteiger charge is -2.59. The Hall–Kier alpha value is -3.56. The van der Waals surface area contributed by atoms with Crippen LogP contribution in [0.1, 0.15) is 51.7 Å². The molecule has 230 valence electrons. The molecule has 3 fully saturated rings. The molecule has 1 saturated carbocycles. The van der Waals surface area contributed by atoms with Crippen molar-refractivity contribution in [2.75, 3.05) is 0 Å². The Morgan fingerprint density at radius 2 is 1.80 bits per heavy atom. The molecule has 8 nitrogen and oxygen atoms in total. The predicted molar refractivity (Wildman–Crippen MR) is 158 cm³/mol. The summed E-state index contributed by atoms with van der Waals surface area (Å²) in [7, 11) is 0. The summed E-state index contributed by atoms with van der Waals surface area (Å²) in [5.41, 5.74) is -3.15. The van der Waals surface area contributed by atoms with Gasteiger partial charge < -0.3 is 34.3 Å².